The Labute approximate surface area is 122 Å². The van der Waals surface area contributed by atoms with E-state index in [9.17, 15) is 9.90 Å². The van der Waals surface area contributed by atoms with Crippen LogP contribution in [0.2, 0.25) is 5.02 Å². The highest BCUT2D eigenvalue weighted by atomic mass is 35.5. The van der Waals surface area contributed by atoms with Crippen LogP contribution in [0.4, 0.5) is 0 Å². The lowest BCUT2D eigenvalue weighted by Crippen LogP contribution is -2.29. The summed E-state index contributed by atoms with van der Waals surface area (Å²) in [6, 6.07) is 7.06. The molecule has 2 aromatic rings. The first-order valence-corrected chi connectivity index (χ1v) is 6.99. The van der Waals surface area contributed by atoms with Gasteiger partial charge < -0.3 is 14.8 Å². The molecule has 1 aromatic carbocycles. The zero-order chi connectivity index (χ0) is 14.7. The Kier molecular flexibility index (Phi) is 4.68. The number of furan rings is 1. The smallest absolute Gasteiger partial charge is 0.287 e. The Morgan fingerprint density at radius 2 is 2.20 bits per heavy atom. The first kappa shape index (κ1) is 14.9. The van der Waals surface area contributed by atoms with E-state index in [-0.39, 0.29) is 23.7 Å². The van der Waals surface area contributed by atoms with Gasteiger partial charge in [0, 0.05) is 11.9 Å². The molecule has 0 fully saturated rings. The molecule has 0 spiro atoms. The number of amides is 1. The lowest BCUT2D eigenvalue weighted by atomic mass is 10.0. The molecule has 0 aliphatic carbocycles. The number of nitrogens with one attached hydrogen (secondary N) is 1. The highest BCUT2D eigenvalue weighted by Gasteiger charge is 2.15. The Bertz CT molecular complexity index is 606. The highest BCUT2D eigenvalue weighted by molar-refractivity contribution is 6.34. The minimum absolute atomic E-state index is 0.201. The standard InChI is InChI=1S/C15H18ClNO3/c1-9(6-10(2)18)8-17-15(19)13-7-11-4-3-5-12(16)14(11)20-13/h3-5,7,9-10,18H,6,8H2,1-2H3,(H,17,19). The van der Waals surface area contributed by atoms with Crippen molar-refractivity contribution in [3.8, 4) is 0 Å². The third kappa shape index (κ3) is 3.52. The summed E-state index contributed by atoms with van der Waals surface area (Å²) < 4.78 is 5.48. The second kappa shape index (κ2) is 6.29. The number of fused-ring (bicyclic) bond motifs is 1. The van der Waals surface area contributed by atoms with E-state index in [4.69, 9.17) is 16.0 Å². The van der Waals surface area contributed by atoms with Gasteiger partial charge in [-0.3, -0.25) is 4.79 Å². The van der Waals surface area contributed by atoms with Crippen LogP contribution < -0.4 is 5.32 Å². The van der Waals surface area contributed by atoms with Crippen molar-refractivity contribution in [3.05, 3.63) is 35.0 Å². The average Bonchev–Trinajstić information content (AvgIpc) is 2.80. The number of halogens is 1. The summed E-state index contributed by atoms with van der Waals surface area (Å²) in [4.78, 5) is 12.0. The van der Waals surface area contributed by atoms with Gasteiger partial charge in [0.2, 0.25) is 0 Å². The summed E-state index contributed by atoms with van der Waals surface area (Å²) >= 11 is 6.01. The molecule has 0 aliphatic rings. The van der Waals surface area contributed by atoms with Crippen LogP contribution in [0.3, 0.4) is 0 Å². The molecule has 4 nitrogen and oxygen atoms in total. The minimum atomic E-state index is -0.369. The van der Waals surface area contributed by atoms with E-state index in [1.54, 1.807) is 19.1 Å². The third-order valence-electron chi connectivity index (χ3n) is 3.07. The fourth-order valence-electron chi connectivity index (χ4n) is 2.16. The predicted molar refractivity (Wildman–Crippen MR) is 79.0 cm³/mol. The van der Waals surface area contributed by atoms with Crippen molar-refractivity contribution < 1.29 is 14.3 Å². The maximum absolute atomic E-state index is 12.0. The number of aliphatic hydroxyl groups excluding tert-OH is 1. The molecule has 20 heavy (non-hydrogen) atoms. The summed E-state index contributed by atoms with van der Waals surface area (Å²) in [5, 5.41) is 13.4. The average molecular weight is 296 g/mol. The number of hydrogen-bond acceptors (Lipinski definition) is 3. The monoisotopic (exact) mass is 295 g/mol. The number of aliphatic hydroxyl groups is 1. The van der Waals surface area contributed by atoms with Gasteiger partial charge in [-0.1, -0.05) is 30.7 Å². The Morgan fingerprint density at radius 1 is 1.45 bits per heavy atom. The Morgan fingerprint density at radius 3 is 2.85 bits per heavy atom. The molecule has 0 saturated heterocycles. The van der Waals surface area contributed by atoms with E-state index in [1.807, 2.05) is 19.1 Å². The van der Waals surface area contributed by atoms with Crippen LogP contribution in [0, 0.1) is 5.92 Å². The van der Waals surface area contributed by atoms with Crippen LogP contribution >= 0.6 is 11.6 Å². The molecule has 2 unspecified atom stereocenters. The molecule has 0 aliphatic heterocycles. The van der Waals surface area contributed by atoms with Crippen LogP contribution in [0.1, 0.15) is 30.8 Å². The minimum Gasteiger partial charge on any atom is -0.449 e. The maximum Gasteiger partial charge on any atom is 0.287 e. The van der Waals surface area contributed by atoms with E-state index >= 15 is 0 Å². The molecule has 1 heterocycles. The number of rotatable bonds is 5. The van der Waals surface area contributed by atoms with Gasteiger partial charge in [0.05, 0.1) is 11.1 Å². The maximum atomic E-state index is 12.0. The quantitative estimate of drug-likeness (QED) is 0.890. The van der Waals surface area contributed by atoms with E-state index < -0.39 is 0 Å². The van der Waals surface area contributed by atoms with Gasteiger partial charge in [-0.2, -0.15) is 0 Å². The van der Waals surface area contributed by atoms with Crippen molar-refractivity contribution in [2.45, 2.75) is 26.4 Å². The lowest BCUT2D eigenvalue weighted by Gasteiger charge is -2.13. The second-order valence-electron chi connectivity index (χ2n) is 5.17. The number of benzene rings is 1. The van der Waals surface area contributed by atoms with Gasteiger partial charge in [-0.25, -0.2) is 0 Å². The van der Waals surface area contributed by atoms with E-state index in [0.717, 1.165) is 5.39 Å². The summed E-state index contributed by atoms with van der Waals surface area (Å²) in [6.45, 7) is 4.20. The second-order valence-corrected chi connectivity index (χ2v) is 5.58. The molecule has 108 valence electrons. The zero-order valence-electron chi connectivity index (χ0n) is 11.5. The normalized spacial score (nSPS) is 14.2. The van der Waals surface area contributed by atoms with Crippen LogP contribution in [0.5, 0.6) is 0 Å². The van der Waals surface area contributed by atoms with Crippen LogP contribution in [0.25, 0.3) is 11.0 Å². The van der Waals surface area contributed by atoms with Crippen LogP contribution in [-0.2, 0) is 0 Å². The summed E-state index contributed by atoms with van der Waals surface area (Å²) in [7, 11) is 0. The van der Waals surface area contributed by atoms with Gasteiger partial charge in [0.25, 0.3) is 5.91 Å². The van der Waals surface area contributed by atoms with Gasteiger partial charge in [0.1, 0.15) is 0 Å². The van der Waals surface area contributed by atoms with Gasteiger partial charge in [-0.15, -0.1) is 0 Å². The lowest BCUT2D eigenvalue weighted by molar-refractivity contribution is 0.0914. The molecular weight excluding hydrogens is 278 g/mol. The fourth-order valence-corrected chi connectivity index (χ4v) is 2.38. The number of hydrogen-bond donors (Lipinski definition) is 2. The largest absolute Gasteiger partial charge is 0.449 e. The molecule has 0 radical (unpaired) electrons. The first-order valence-electron chi connectivity index (χ1n) is 6.61. The third-order valence-corrected chi connectivity index (χ3v) is 3.37. The number of carbonyl (C=O) groups is 1. The van der Waals surface area contributed by atoms with Gasteiger partial charge >= 0.3 is 0 Å². The molecule has 2 atom stereocenters. The van der Waals surface area contributed by atoms with E-state index in [1.165, 1.54) is 0 Å². The SMILES string of the molecule is CC(O)CC(C)CNC(=O)c1cc2cccc(Cl)c2o1. The number of carbonyl (C=O) groups excluding carboxylic acids is 1. The predicted octanol–water partition coefficient (Wildman–Crippen LogP) is 3.22. The zero-order valence-corrected chi connectivity index (χ0v) is 12.3. The Hall–Kier alpha value is -1.52. The molecular formula is C15H18ClNO3. The van der Waals surface area contributed by atoms with Crippen molar-refractivity contribution >= 4 is 28.5 Å². The van der Waals surface area contributed by atoms with Crippen molar-refractivity contribution in [3.63, 3.8) is 0 Å². The Balaban J connectivity index is 2.03. The van der Waals surface area contributed by atoms with Crippen LogP contribution in [-0.4, -0.2) is 23.7 Å². The summed E-state index contributed by atoms with van der Waals surface area (Å²) in [5.41, 5.74) is 0.524. The van der Waals surface area contributed by atoms with Gasteiger partial charge in [0.15, 0.2) is 11.3 Å². The molecule has 2 N–H and O–H groups in total. The first-order chi connectivity index (χ1) is 9.47. The molecule has 1 aromatic heterocycles. The van der Waals surface area contributed by atoms with E-state index in [2.05, 4.69) is 5.32 Å². The number of para-hydroxylation sites is 1. The van der Waals surface area contributed by atoms with Gasteiger partial charge in [-0.05, 0) is 31.4 Å². The molecule has 2 rings (SSSR count). The van der Waals surface area contributed by atoms with Crippen molar-refractivity contribution in [2.24, 2.45) is 5.92 Å². The van der Waals surface area contributed by atoms with Crippen molar-refractivity contribution in [1.29, 1.82) is 0 Å². The molecule has 0 bridgehead atoms. The van der Waals surface area contributed by atoms with E-state index in [0.29, 0.717) is 23.6 Å². The fraction of sp³-hybridized carbons (Fsp3) is 0.400. The molecule has 5 heteroatoms. The molecule has 0 saturated carbocycles. The van der Waals surface area contributed by atoms with Crippen molar-refractivity contribution in [2.75, 3.05) is 6.54 Å². The topological polar surface area (TPSA) is 62.5 Å². The highest BCUT2D eigenvalue weighted by Crippen LogP contribution is 2.26. The summed E-state index contributed by atoms with van der Waals surface area (Å²) in [5.74, 6) is 0.180. The van der Waals surface area contributed by atoms with Crippen molar-refractivity contribution in [1.82, 2.24) is 5.32 Å². The molecule has 1 amide bonds. The van der Waals surface area contributed by atoms with Crippen LogP contribution in [0.15, 0.2) is 28.7 Å². The summed E-state index contributed by atoms with van der Waals surface area (Å²) in [6.07, 6.45) is 0.276.